The molecule has 1 unspecified atom stereocenters. The van der Waals surface area contributed by atoms with E-state index in [0.29, 0.717) is 0 Å². The summed E-state index contributed by atoms with van der Waals surface area (Å²) in [5, 5.41) is 10.9. The van der Waals surface area contributed by atoms with Gasteiger partial charge in [0.2, 0.25) is 0 Å². The second kappa shape index (κ2) is 6.55. The summed E-state index contributed by atoms with van der Waals surface area (Å²) in [7, 11) is 0. The molecular weight excluding hydrogens is 278 g/mol. The zero-order valence-electron chi connectivity index (χ0n) is 11.6. The van der Waals surface area contributed by atoms with Gasteiger partial charge >= 0.3 is 0 Å². The number of aryl methyl sites for hydroxylation is 2. The summed E-state index contributed by atoms with van der Waals surface area (Å²) in [6, 6.07) is 2.20. The SMILES string of the molecule is CCCNC(c1scc(C)c1Cl)c1ccnn1CC. The monoisotopic (exact) mass is 297 g/mol. The molecule has 2 heterocycles. The lowest BCUT2D eigenvalue weighted by molar-refractivity contribution is 0.534. The molecule has 2 rings (SSSR count). The molecule has 0 amide bonds. The molecule has 0 radical (unpaired) electrons. The standard InChI is InChI=1S/C14H20ClN3S/c1-4-7-16-13(11-6-8-17-18(11)5-2)14-12(15)10(3)9-19-14/h6,8-9,13,16H,4-5,7H2,1-3H3. The third kappa shape index (κ3) is 3.02. The minimum absolute atomic E-state index is 0.133. The topological polar surface area (TPSA) is 29.9 Å². The number of rotatable bonds is 6. The summed E-state index contributed by atoms with van der Waals surface area (Å²) in [6.45, 7) is 8.16. The van der Waals surface area contributed by atoms with Crippen LogP contribution < -0.4 is 5.32 Å². The number of hydrogen-bond donors (Lipinski definition) is 1. The van der Waals surface area contributed by atoms with Crippen LogP contribution in [0.5, 0.6) is 0 Å². The van der Waals surface area contributed by atoms with E-state index in [2.05, 4.69) is 42.6 Å². The van der Waals surface area contributed by atoms with Gasteiger partial charge in [0.15, 0.2) is 0 Å². The van der Waals surface area contributed by atoms with E-state index in [-0.39, 0.29) is 6.04 Å². The van der Waals surface area contributed by atoms with Gasteiger partial charge in [-0.2, -0.15) is 5.10 Å². The molecule has 1 atom stereocenters. The average molecular weight is 298 g/mol. The Bertz CT molecular complexity index is 533. The lowest BCUT2D eigenvalue weighted by Crippen LogP contribution is -2.25. The Labute approximate surface area is 123 Å². The Morgan fingerprint density at radius 1 is 1.47 bits per heavy atom. The predicted molar refractivity (Wildman–Crippen MR) is 82.1 cm³/mol. The summed E-state index contributed by atoms with van der Waals surface area (Å²) >= 11 is 8.15. The van der Waals surface area contributed by atoms with E-state index in [0.717, 1.165) is 30.1 Å². The van der Waals surface area contributed by atoms with Crippen LogP contribution >= 0.6 is 22.9 Å². The normalized spacial score (nSPS) is 12.8. The Kier molecular flexibility index (Phi) is 5.02. The molecule has 0 aromatic carbocycles. The van der Waals surface area contributed by atoms with Gasteiger partial charge < -0.3 is 5.32 Å². The average Bonchev–Trinajstić information content (AvgIpc) is 3.00. The van der Waals surface area contributed by atoms with Crippen LogP contribution in [0.3, 0.4) is 0 Å². The molecule has 19 heavy (non-hydrogen) atoms. The van der Waals surface area contributed by atoms with Crippen molar-refractivity contribution >= 4 is 22.9 Å². The smallest absolute Gasteiger partial charge is 0.0857 e. The van der Waals surface area contributed by atoms with Gasteiger partial charge in [0.1, 0.15) is 0 Å². The fourth-order valence-electron chi connectivity index (χ4n) is 2.12. The number of aromatic nitrogens is 2. The van der Waals surface area contributed by atoms with Crippen LogP contribution in [0.25, 0.3) is 0 Å². The van der Waals surface area contributed by atoms with Gasteiger partial charge in [-0.05, 0) is 43.8 Å². The van der Waals surface area contributed by atoms with Gasteiger partial charge in [0.25, 0.3) is 0 Å². The number of thiophene rings is 1. The maximum atomic E-state index is 6.44. The molecule has 104 valence electrons. The molecule has 0 fully saturated rings. The maximum absolute atomic E-state index is 6.44. The van der Waals surface area contributed by atoms with E-state index in [1.807, 2.05) is 10.9 Å². The van der Waals surface area contributed by atoms with Crippen LogP contribution in [0.15, 0.2) is 17.6 Å². The first-order chi connectivity index (χ1) is 9.19. The first kappa shape index (κ1) is 14.6. The van der Waals surface area contributed by atoms with Crippen LogP contribution in [-0.4, -0.2) is 16.3 Å². The molecular formula is C14H20ClN3S. The van der Waals surface area contributed by atoms with Crippen molar-refractivity contribution in [1.82, 2.24) is 15.1 Å². The molecule has 0 spiro atoms. The molecule has 0 aliphatic carbocycles. The summed E-state index contributed by atoms with van der Waals surface area (Å²) in [5.41, 5.74) is 2.33. The van der Waals surface area contributed by atoms with Gasteiger partial charge in [0, 0.05) is 17.6 Å². The highest BCUT2D eigenvalue weighted by molar-refractivity contribution is 7.10. The van der Waals surface area contributed by atoms with Crippen LogP contribution in [0.1, 0.15) is 42.4 Å². The molecule has 2 aromatic rings. The number of hydrogen-bond acceptors (Lipinski definition) is 3. The minimum atomic E-state index is 0.133. The van der Waals surface area contributed by atoms with E-state index in [9.17, 15) is 0 Å². The Morgan fingerprint density at radius 2 is 2.26 bits per heavy atom. The van der Waals surface area contributed by atoms with Crippen molar-refractivity contribution in [2.24, 2.45) is 0 Å². The third-order valence-corrected chi connectivity index (χ3v) is 4.91. The Balaban J connectivity index is 2.38. The van der Waals surface area contributed by atoms with E-state index in [1.165, 1.54) is 10.6 Å². The van der Waals surface area contributed by atoms with Gasteiger partial charge in [-0.3, -0.25) is 4.68 Å². The molecule has 5 heteroatoms. The largest absolute Gasteiger partial charge is 0.304 e. The minimum Gasteiger partial charge on any atom is -0.304 e. The third-order valence-electron chi connectivity index (χ3n) is 3.13. The quantitative estimate of drug-likeness (QED) is 0.873. The van der Waals surface area contributed by atoms with E-state index >= 15 is 0 Å². The van der Waals surface area contributed by atoms with Crippen LogP contribution in [0.2, 0.25) is 5.02 Å². The van der Waals surface area contributed by atoms with Gasteiger partial charge in [-0.1, -0.05) is 18.5 Å². The van der Waals surface area contributed by atoms with E-state index < -0.39 is 0 Å². The van der Waals surface area contributed by atoms with Gasteiger partial charge in [-0.15, -0.1) is 11.3 Å². The van der Waals surface area contributed by atoms with Crippen LogP contribution in [-0.2, 0) is 6.54 Å². The zero-order valence-corrected chi connectivity index (χ0v) is 13.2. The molecule has 2 aromatic heterocycles. The predicted octanol–water partition coefficient (Wildman–Crippen LogP) is 4.02. The first-order valence-corrected chi connectivity index (χ1v) is 7.93. The Hall–Kier alpha value is -0.840. The Morgan fingerprint density at radius 3 is 2.84 bits per heavy atom. The van der Waals surface area contributed by atoms with Crippen LogP contribution in [0.4, 0.5) is 0 Å². The second-order valence-electron chi connectivity index (χ2n) is 4.56. The molecule has 1 N–H and O–H groups in total. The van der Waals surface area contributed by atoms with Crippen molar-refractivity contribution in [3.05, 3.63) is 38.8 Å². The molecule has 0 aliphatic rings. The zero-order chi connectivity index (χ0) is 13.8. The summed E-state index contributed by atoms with van der Waals surface area (Å²) < 4.78 is 2.03. The number of nitrogens with one attached hydrogen (secondary N) is 1. The summed E-state index contributed by atoms with van der Waals surface area (Å²) in [5.74, 6) is 0. The highest BCUT2D eigenvalue weighted by Gasteiger charge is 2.22. The fourth-order valence-corrected chi connectivity index (χ4v) is 3.51. The van der Waals surface area contributed by atoms with E-state index in [1.54, 1.807) is 11.3 Å². The molecule has 3 nitrogen and oxygen atoms in total. The van der Waals surface area contributed by atoms with E-state index in [4.69, 9.17) is 11.6 Å². The summed E-state index contributed by atoms with van der Waals surface area (Å²) in [6.07, 6.45) is 2.95. The van der Waals surface area contributed by atoms with Crippen molar-refractivity contribution in [3.8, 4) is 0 Å². The highest BCUT2D eigenvalue weighted by atomic mass is 35.5. The number of halogens is 1. The van der Waals surface area contributed by atoms with Crippen molar-refractivity contribution in [1.29, 1.82) is 0 Å². The van der Waals surface area contributed by atoms with Gasteiger partial charge in [0.05, 0.1) is 16.8 Å². The number of nitrogens with zero attached hydrogens (tertiary/aromatic N) is 2. The highest BCUT2D eigenvalue weighted by Crippen LogP contribution is 2.35. The fraction of sp³-hybridized carbons (Fsp3) is 0.500. The lowest BCUT2D eigenvalue weighted by atomic mass is 10.1. The first-order valence-electron chi connectivity index (χ1n) is 6.67. The van der Waals surface area contributed by atoms with Crippen LogP contribution in [0, 0.1) is 6.92 Å². The molecule has 0 bridgehead atoms. The lowest BCUT2D eigenvalue weighted by Gasteiger charge is -2.19. The molecule has 0 saturated carbocycles. The molecule has 0 aliphatic heterocycles. The maximum Gasteiger partial charge on any atom is 0.0857 e. The van der Waals surface area contributed by atoms with Crippen molar-refractivity contribution < 1.29 is 0 Å². The van der Waals surface area contributed by atoms with Crippen molar-refractivity contribution in [3.63, 3.8) is 0 Å². The summed E-state index contributed by atoms with van der Waals surface area (Å²) in [4.78, 5) is 1.18. The van der Waals surface area contributed by atoms with Crippen molar-refractivity contribution in [2.75, 3.05) is 6.54 Å². The second-order valence-corrected chi connectivity index (χ2v) is 5.85. The van der Waals surface area contributed by atoms with Crippen molar-refractivity contribution in [2.45, 2.75) is 39.8 Å². The van der Waals surface area contributed by atoms with Gasteiger partial charge in [-0.25, -0.2) is 0 Å². The molecule has 0 saturated heterocycles.